The van der Waals surface area contributed by atoms with Crippen LogP contribution in [0.1, 0.15) is 23.2 Å². The average Bonchev–Trinajstić information content (AvgIpc) is 2.98. The van der Waals surface area contributed by atoms with Crippen molar-refractivity contribution in [1.29, 1.82) is 0 Å². The molecule has 0 N–H and O–H groups in total. The van der Waals surface area contributed by atoms with Gasteiger partial charge in [0.05, 0.1) is 17.8 Å². The van der Waals surface area contributed by atoms with Crippen LogP contribution in [0.4, 0.5) is 0 Å². The fraction of sp³-hybridized carbons (Fsp3) is 0.333. The lowest BCUT2D eigenvalue weighted by Gasteiger charge is -2.24. The molecule has 122 valence electrons. The normalized spacial score (nSPS) is 12.3. The number of rotatable bonds is 6. The van der Waals surface area contributed by atoms with Crippen molar-refractivity contribution in [3.63, 3.8) is 0 Å². The molecule has 0 aliphatic rings. The number of aryl methyl sites for hydroxylation is 1. The van der Waals surface area contributed by atoms with Gasteiger partial charge in [-0.2, -0.15) is 0 Å². The molecule has 5 heteroatoms. The minimum atomic E-state index is -0.0170. The number of methoxy groups -OCH3 is 1. The Kier molecular flexibility index (Phi) is 5.93. The number of carbonyl (C=O) groups excluding carboxylic acids is 1. The summed E-state index contributed by atoms with van der Waals surface area (Å²) in [5.74, 6) is 0.823. The van der Waals surface area contributed by atoms with Crippen LogP contribution in [-0.2, 0) is 11.2 Å². The summed E-state index contributed by atoms with van der Waals surface area (Å²) in [5.41, 5.74) is 2.01. The monoisotopic (exact) mass is 330 g/mol. The van der Waals surface area contributed by atoms with E-state index < -0.39 is 0 Å². The first kappa shape index (κ1) is 17.2. The number of carbonyl (C=O) groups is 1. The van der Waals surface area contributed by atoms with E-state index in [2.05, 4.69) is 4.98 Å². The minimum absolute atomic E-state index is 0.0170. The van der Waals surface area contributed by atoms with Gasteiger partial charge in [-0.3, -0.25) is 4.79 Å². The van der Waals surface area contributed by atoms with Crippen molar-refractivity contribution in [2.24, 2.45) is 0 Å². The van der Waals surface area contributed by atoms with E-state index in [1.165, 1.54) is 5.56 Å². The smallest absolute Gasteiger partial charge is 0.246 e. The molecule has 0 radical (unpaired) electrons. The Hall–Kier alpha value is -2.14. The van der Waals surface area contributed by atoms with Gasteiger partial charge >= 0.3 is 0 Å². The first-order chi connectivity index (χ1) is 11.0. The second-order valence-electron chi connectivity index (χ2n) is 5.48. The van der Waals surface area contributed by atoms with Crippen molar-refractivity contribution >= 4 is 23.3 Å². The number of likely N-dealkylation sites (N-methyl/N-ethyl adjacent to an activating group) is 1. The van der Waals surface area contributed by atoms with Gasteiger partial charge in [-0.1, -0.05) is 12.1 Å². The number of hydrogen-bond donors (Lipinski definition) is 0. The number of aromatic nitrogens is 1. The van der Waals surface area contributed by atoms with E-state index in [4.69, 9.17) is 4.74 Å². The zero-order valence-corrected chi connectivity index (χ0v) is 14.8. The van der Waals surface area contributed by atoms with Crippen molar-refractivity contribution in [3.05, 3.63) is 52.0 Å². The highest BCUT2D eigenvalue weighted by atomic mass is 32.1. The maximum absolute atomic E-state index is 12.3. The lowest BCUT2D eigenvalue weighted by molar-refractivity contribution is -0.126. The molecule has 1 amide bonds. The Labute approximate surface area is 141 Å². The Morgan fingerprint density at radius 2 is 2.09 bits per heavy atom. The van der Waals surface area contributed by atoms with E-state index >= 15 is 0 Å². The summed E-state index contributed by atoms with van der Waals surface area (Å²) in [6.45, 7) is 4.00. The number of hydrogen-bond acceptors (Lipinski definition) is 4. The van der Waals surface area contributed by atoms with E-state index in [1.54, 1.807) is 35.5 Å². The maximum atomic E-state index is 12.3. The summed E-state index contributed by atoms with van der Waals surface area (Å²) < 4.78 is 5.16. The third kappa shape index (κ3) is 4.93. The molecule has 1 atom stereocenters. The van der Waals surface area contributed by atoms with Crippen LogP contribution in [0.25, 0.3) is 6.08 Å². The molecule has 0 saturated carbocycles. The topological polar surface area (TPSA) is 42.4 Å². The van der Waals surface area contributed by atoms with Gasteiger partial charge in [-0.05, 0) is 44.0 Å². The molecule has 1 heterocycles. The second-order valence-corrected chi connectivity index (χ2v) is 6.54. The summed E-state index contributed by atoms with van der Waals surface area (Å²) in [5, 5.41) is 2.94. The van der Waals surface area contributed by atoms with Gasteiger partial charge in [0, 0.05) is 24.5 Å². The summed E-state index contributed by atoms with van der Waals surface area (Å²) >= 11 is 1.58. The predicted octanol–water partition coefficient (Wildman–Crippen LogP) is 3.56. The molecule has 0 spiro atoms. The molecule has 0 bridgehead atoms. The first-order valence-electron chi connectivity index (χ1n) is 7.49. The quantitative estimate of drug-likeness (QED) is 0.761. The third-order valence-corrected chi connectivity index (χ3v) is 4.52. The van der Waals surface area contributed by atoms with Gasteiger partial charge < -0.3 is 9.64 Å². The highest BCUT2D eigenvalue weighted by molar-refractivity contribution is 7.09. The van der Waals surface area contributed by atoms with Crippen LogP contribution in [0.3, 0.4) is 0 Å². The summed E-state index contributed by atoms with van der Waals surface area (Å²) in [4.78, 5) is 18.3. The fourth-order valence-corrected chi connectivity index (χ4v) is 2.77. The summed E-state index contributed by atoms with van der Waals surface area (Å²) in [6.07, 6.45) is 4.15. The highest BCUT2D eigenvalue weighted by Gasteiger charge is 2.14. The average molecular weight is 330 g/mol. The molecule has 0 aliphatic carbocycles. The number of thiazole rings is 1. The van der Waals surface area contributed by atoms with Gasteiger partial charge in [0.1, 0.15) is 5.75 Å². The van der Waals surface area contributed by atoms with Gasteiger partial charge in [0.15, 0.2) is 0 Å². The van der Waals surface area contributed by atoms with E-state index in [0.717, 1.165) is 22.9 Å². The minimum Gasteiger partial charge on any atom is -0.497 e. The standard InChI is InChI=1S/C18H22N2O2S/c1-13(11-15-5-8-17(22-4)9-6-15)20(3)18(21)10-7-16-12-23-14(2)19-16/h5-10,12-13H,11H2,1-4H3/b10-7+/t13-/m0/s1. The largest absolute Gasteiger partial charge is 0.497 e. The van der Waals surface area contributed by atoms with Crippen LogP contribution in [0, 0.1) is 6.92 Å². The molecule has 0 aliphatic heterocycles. The van der Waals surface area contributed by atoms with Gasteiger partial charge in [-0.25, -0.2) is 4.98 Å². The van der Waals surface area contributed by atoms with Crippen LogP contribution >= 0.6 is 11.3 Å². The molecule has 23 heavy (non-hydrogen) atoms. The molecule has 0 saturated heterocycles. The van der Waals surface area contributed by atoms with E-state index in [0.29, 0.717) is 0 Å². The molecule has 2 rings (SSSR count). The Bertz CT molecular complexity index is 677. The van der Waals surface area contributed by atoms with Gasteiger partial charge in [0.2, 0.25) is 5.91 Å². The number of ether oxygens (including phenoxy) is 1. The van der Waals surface area contributed by atoms with E-state index in [-0.39, 0.29) is 11.9 Å². The SMILES string of the molecule is COc1ccc(C[C@H](C)N(C)C(=O)/C=C/c2csc(C)n2)cc1. The number of benzene rings is 1. The molecule has 1 aromatic heterocycles. The van der Waals surface area contributed by atoms with E-state index in [1.807, 2.05) is 50.5 Å². The molecule has 1 aromatic carbocycles. The van der Waals surface area contributed by atoms with Gasteiger partial charge in [-0.15, -0.1) is 11.3 Å². The Morgan fingerprint density at radius 3 is 2.65 bits per heavy atom. The molecule has 4 nitrogen and oxygen atoms in total. The molecular formula is C18H22N2O2S. The van der Waals surface area contributed by atoms with Crippen LogP contribution < -0.4 is 4.74 Å². The van der Waals surface area contributed by atoms with Crippen molar-refractivity contribution < 1.29 is 9.53 Å². The molecule has 0 fully saturated rings. The van der Waals surface area contributed by atoms with Crippen molar-refractivity contribution in [2.75, 3.05) is 14.2 Å². The summed E-state index contributed by atoms with van der Waals surface area (Å²) in [6, 6.07) is 8.05. The summed E-state index contributed by atoms with van der Waals surface area (Å²) in [7, 11) is 3.48. The molecule has 2 aromatic rings. The number of amides is 1. The molecular weight excluding hydrogens is 308 g/mol. The lowest BCUT2D eigenvalue weighted by Crippen LogP contribution is -2.35. The lowest BCUT2D eigenvalue weighted by atomic mass is 10.1. The predicted molar refractivity (Wildman–Crippen MR) is 94.8 cm³/mol. The fourth-order valence-electron chi connectivity index (χ4n) is 2.19. The van der Waals surface area contributed by atoms with Crippen molar-refractivity contribution in [3.8, 4) is 5.75 Å². The van der Waals surface area contributed by atoms with Crippen molar-refractivity contribution in [2.45, 2.75) is 26.3 Å². The zero-order valence-electron chi connectivity index (χ0n) is 13.9. The van der Waals surface area contributed by atoms with Crippen LogP contribution in [0.5, 0.6) is 5.75 Å². The van der Waals surface area contributed by atoms with Crippen LogP contribution in [-0.4, -0.2) is 36.0 Å². The van der Waals surface area contributed by atoms with Crippen LogP contribution in [0.2, 0.25) is 0 Å². The third-order valence-electron chi connectivity index (χ3n) is 3.73. The molecule has 0 unspecified atom stereocenters. The number of nitrogens with zero attached hydrogens (tertiary/aromatic N) is 2. The maximum Gasteiger partial charge on any atom is 0.246 e. The first-order valence-corrected chi connectivity index (χ1v) is 8.37. The van der Waals surface area contributed by atoms with Crippen LogP contribution in [0.15, 0.2) is 35.7 Å². The van der Waals surface area contributed by atoms with Crippen molar-refractivity contribution in [1.82, 2.24) is 9.88 Å². The highest BCUT2D eigenvalue weighted by Crippen LogP contribution is 2.15. The second kappa shape index (κ2) is 7.92. The van der Waals surface area contributed by atoms with Gasteiger partial charge in [0.25, 0.3) is 0 Å². The zero-order chi connectivity index (χ0) is 16.8. The Morgan fingerprint density at radius 1 is 1.39 bits per heavy atom. The van der Waals surface area contributed by atoms with E-state index in [9.17, 15) is 4.79 Å². The Balaban J connectivity index is 1.93.